The first-order chi connectivity index (χ1) is 8.13. The zero-order chi connectivity index (χ0) is 12.3. The molecule has 0 unspecified atom stereocenters. The van der Waals surface area contributed by atoms with Crippen molar-refractivity contribution >= 4 is 6.08 Å². The molecule has 0 heterocycles. The van der Waals surface area contributed by atoms with E-state index in [0.717, 1.165) is 5.56 Å². The molecular formula is C14H11O3. The fourth-order valence-electron chi connectivity index (χ4n) is 1.43. The maximum Gasteiger partial charge on any atom is 0.119 e. The van der Waals surface area contributed by atoms with E-state index in [9.17, 15) is 10.2 Å². The Hall–Kier alpha value is -2.42. The molecule has 0 aromatic heterocycles. The zero-order valence-electron chi connectivity index (χ0n) is 8.96. The highest BCUT2D eigenvalue weighted by atomic mass is 16.3. The highest BCUT2D eigenvalue weighted by molar-refractivity contribution is 5.55. The fourth-order valence-corrected chi connectivity index (χ4v) is 1.43. The van der Waals surface area contributed by atoms with Gasteiger partial charge in [-0.25, -0.2) is 0 Å². The average Bonchev–Trinajstić information content (AvgIpc) is 2.27. The molecule has 3 N–H and O–H groups in total. The summed E-state index contributed by atoms with van der Waals surface area (Å²) in [5.74, 6) is 0.207. The van der Waals surface area contributed by atoms with E-state index in [1.807, 2.05) is 0 Å². The standard InChI is InChI=1S/C14H11O3/c15-12-5-3-10(4-6-12)1-2-11-7-13(16)9-14(17)8-11/h2-9,15-17H. The van der Waals surface area contributed by atoms with Gasteiger partial charge in [-0.3, -0.25) is 0 Å². The number of hydrogen-bond acceptors (Lipinski definition) is 3. The third-order valence-corrected chi connectivity index (χ3v) is 2.20. The van der Waals surface area contributed by atoms with Crippen LogP contribution in [0.4, 0.5) is 0 Å². The summed E-state index contributed by atoms with van der Waals surface area (Å²) in [5, 5.41) is 27.7. The highest BCUT2D eigenvalue weighted by Crippen LogP contribution is 2.21. The minimum Gasteiger partial charge on any atom is -0.508 e. The van der Waals surface area contributed by atoms with Crippen molar-refractivity contribution in [2.45, 2.75) is 0 Å². The summed E-state index contributed by atoms with van der Waals surface area (Å²) < 4.78 is 0. The molecule has 0 aliphatic rings. The van der Waals surface area contributed by atoms with Crippen LogP contribution in [0.25, 0.3) is 6.08 Å². The molecule has 2 rings (SSSR count). The van der Waals surface area contributed by atoms with Gasteiger partial charge in [0.25, 0.3) is 0 Å². The number of benzene rings is 2. The lowest BCUT2D eigenvalue weighted by molar-refractivity contribution is 0.450. The van der Waals surface area contributed by atoms with Crippen LogP contribution in [-0.2, 0) is 0 Å². The lowest BCUT2D eigenvalue weighted by Crippen LogP contribution is -1.76. The second-order valence-electron chi connectivity index (χ2n) is 3.62. The van der Waals surface area contributed by atoms with E-state index in [0.29, 0.717) is 5.56 Å². The van der Waals surface area contributed by atoms with Gasteiger partial charge >= 0.3 is 0 Å². The number of phenolic OH excluding ortho intramolecular Hbond substituents is 3. The van der Waals surface area contributed by atoms with Crippen molar-refractivity contribution in [1.82, 2.24) is 0 Å². The third kappa shape index (κ3) is 3.01. The van der Waals surface area contributed by atoms with Crippen LogP contribution >= 0.6 is 0 Å². The van der Waals surface area contributed by atoms with E-state index in [-0.39, 0.29) is 17.2 Å². The third-order valence-electron chi connectivity index (χ3n) is 2.20. The van der Waals surface area contributed by atoms with E-state index in [1.54, 1.807) is 30.3 Å². The number of aromatic hydroxyl groups is 3. The van der Waals surface area contributed by atoms with Crippen molar-refractivity contribution in [3.63, 3.8) is 0 Å². The predicted octanol–water partition coefficient (Wildman–Crippen LogP) is 2.67. The van der Waals surface area contributed by atoms with E-state index < -0.39 is 0 Å². The first-order valence-electron chi connectivity index (χ1n) is 5.05. The Morgan fingerprint density at radius 3 is 1.94 bits per heavy atom. The Bertz CT molecular complexity index is 522. The highest BCUT2D eigenvalue weighted by Gasteiger charge is 1.96. The van der Waals surface area contributed by atoms with Crippen molar-refractivity contribution in [3.8, 4) is 17.2 Å². The van der Waals surface area contributed by atoms with Crippen LogP contribution in [-0.4, -0.2) is 15.3 Å². The van der Waals surface area contributed by atoms with Crippen LogP contribution in [0.3, 0.4) is 0 Å². The van der Waals surface area contributed by atoms with Crippen LogP contribution in [0.2, 0.25) is 0 Å². The molecule has 0 saturated carbocycles. The van der Waals surface area contributed by atoms with E-state index in [4.69, 9.17) is 5.11 Å². The Morgan fingerprint density at radius 2 is 1.35 bits per heavy atom. The topological polar surface area (TPSA) is 60.7 Å². The second kappa shape index (κ2) is 4.61. The minimum atomic E-state index is 0.00348. The molecule has 3 nitrogen and oxygen atoms in total. The van der Waals surface area contributed by atoms with Crippen LogP contribution in [0.5, 0.6) is 17.2 Å². The summed E-state index contributed by atoms with van der Waals surface area (Å²) in [6.07, 6.45) is 4.63. The molecule has 0 aliphatic carbocycles. The maximum atomic E-state index is 9.29. The molecule has 1 radical (unpaired) electrons. The van der Waals surface area contributed by atoms with Crippen molar-refractivity contribution in [3.05, 3.63) is 59.7 Å². The van der Waals surface area contributed by atoms with Crippen LogP contribution in [0.1, 0.15) is 11.1 Å². The zero-order valence-corrected chi connectivity index (χ0v) is 8.96. The summed E-state index contributed by atoms with van der Waals surface area (Å²) in [5.41, 5.74) is 1.45. The maximum absolute atomic E-state index is 9.29. The molecule has 0 spiro atoms. The van der Waals surface area contributed by atoms with E-state index >= 15 is 0 Å². The smallest absolute Gasteiger partial charge is 0.119 e. The van der Waals surface area contributed by atoms with Gasteiger partial charge in [-0.1, -0.05) is 12.1 Å². The lowest BCUT2D eigenvalue weighted by atomic mass is 10.1. The minimum absolute atomic E-state index is 0.00348. The molecule has 3 heteroatoms. The largest absolute Gasteiger partial charge is 0.508 e. The molecule has 0 amide bonds. The van der Waals surface area contributed by atoms with Gasteiger partial charge in [0.05, 0.1) is 0 Å². The van der Waals surface area contributed by atoms with Gasteiger partial charge in [-0.15, -0.1) is 0 Å². The molecular weight excluding hydrogens is 216 g/mol. The summed E-state index contributed by atoms with van der Waals surface area (Å²) in [7, 11) is 0. The van der Waals surface area contributed by atoms with Crippen molar-refractivity contribution in [2.75, 3.05) is 0 Å². The molecule has 2 aromatic carbocycles. The summed E-state index contributed by atoms with van der Waals surface area (Å²) in [4.78, 5) is 0. The van der Waals surface area contributed by atoms with Gasteiger partial charge < -0.3 is 15.3 Å². The fraction of sp³-hybridized carbons (Fsp3) is 0. The van der Waals surface area contributed by atoms with Gasteiger partial charge in [-0.05, 0) is 47.5 Å². The molecule has 0 saturated heterocycles. The molecule has 0 fully saturated rings. The second-order valence-corrected chi connectivity index (χ2v) is 3.62. The van der Waals surface area contributed by atoms with E-state index in [1.165, 1.54) is 18.2 Å². The summed E-state index contributed by atoms with van der Waals surface area (Å²) in [6, 6.07) is 10.9. The quantitative estimate of drug-likeness (QED) is 0.691. The Labute approximate surface area is 98.9 Å². The van der Waals surface area contributed by atoms with Crippen LogP contribution in [0.15, 0.2) is 42.5 Å². The van der Waals surface area contributed by atoms with E-state index in [2.05, 4.69) is 6.08 Å². The SMILES string of the molecule is Oc1ccc(/[C]=C/c2cc(O)cc(O)c2)cc1. The number of phenols is 3. The normalized spacial score (nSPS) is 10.8. The van der Waals surface area contributed by atoms with Gasteiger partial charge in [0, 0.05) is 6.07 Å². The van der Waals surface area contributed by atoms with Gasteiger partial charge in [0.2, 0.25) is 0 Å². The van der Waals surface area contributed by atoms with Crippen molar-refractivity contribution in [2.24, 2.45) is 0 Å². The number of hydrogen-bond donors (Lipinski definition) is 3. The van der Waals surface area contributed by atoms with Crippen LogP contribution < -0.4 is 0 Å². The van der Waals surface area contributed by atoms with Gasteiger partial charge in [-0.2, -0.15) is 0 Å². The molecule has 0 atom stereocenters. The first-order valence-corrected chi connectivity index (χ1v) is 5.05. The average molecular weight is 227 g/mol. The lowest BCUT2D eigenvalue weighted by Gasteiger charge is -1.98. The molecule has 17 heavy (non-hydrogen) atoms. The Kier molecular flexibility index (Phi) is 3.01. The molecule has 2 aromatic rings. The molecule has 85 valence electrons. The van der Waals surface area contributed by atoms with Gasteiger partial charge in [0.15, 0.2) is 0 Å². The number of rotatable bonds is 2. The predicted molar refractivity (Wildman–Crippen MR) is 64.7 cm³/mol. The Balaban J connectivity index is 2.22. The summed E-state index contributed by atoms with van der Waals surface area (Å²) in [6.45, 7) is 0. The van der Waals surface area contributed by atoms with Crippen molar-refractivity contribution < 1.29 is 15.3 Å². The van der Waals surface area contributed by atoms with Crippen molar-refractivity contribution in [1.29, 1.82) is 0 Å². The van der Waals surface area contributed by atoms with Crippen LogP contribution in [0, 0.1) is 6.08 Å². The molecule has 0 aliphatic heterocycles. The Morgan fingerprint density at radius 1 is 0.765 bits per heavy atom. The summed E-state index contributed by atoms with van der Waals surface area (Å²) >= 11 is 0. The monoisotopic (exact) mass is 227 g/mol. The van der Waals surface area contributed by atoms with Gasteiger partial charge in [0.1, 0.15) is 17.2 Å². The first kappa shape index (κ1) is 11.1. The molecule has 0 bridgehead atoms.